The molecule has 3 heterocycles. The highest BCUT2D eigenvalue weighted by atomic mass is 32.2. The molecule has 0 saturated heterocycles. The van der Waals surface area contributed by atoms with E-state index < -0.39 is 22.1 Å². The van der Waals surface area contributed by atoms with E-state index in [0.29, 0.717) is 30.4 Å². The predicted molar refractivity (Wildman–Crippen MR) is 131 cm³/mol. The standard InChI is InChI=1S/C24H27FN6O2S/c1-34(32,33)29-22-10-6-7-19(28-22)23(17-11-13-18(25)14-12-17)24(30-15-4-2-8-20(30)26)31-16-5-3-9-21(31)27/h2-14,23-24H,15-16,26-27H2,1H3,(H,28,29). The Hall–Kier alpha value is -3.79. The summed E-state index contributed by atoms with van der Waals surface area (Å²) >= 11 is 0. The molecule has 34 heavy (non-hydrogen) atoms. The van der Waals surface area contributed by atoms with Crippen molar-refractivity contribution in [3.63, 3.8) is 0 Å². The summed E-state index contributed by atoms with van der Waals surface area (Å²) in [5, 5.41) is 0. The zero-order valence-corrected chi connectivity index (χ0v) is 19.5. The molecule has 0 amide bonds. The molecule has 0 aliphatic carbocycles. The first-order chi connectivity index (χ1) is 16.2. The fraction of sp³-hybridized carbons (Fsp3) is 0.208. The second-order valence-electron chi connectivity index (χ2n) is 8.11. The molecule has 2 aromatic rings. The second-order valence-corrected chi connectivity index (χ2v) is 9.86. The molecule has 0 fully saturated rings. The van der Waals surface area contributed by atoms with Crippen molar-refractivity contribution in [1.82, 2.24) is 14.8 Å². The Morgan fingerprint density at radius 3 is 2.09 bits per heavy atom. The average Bonchev–Trinajstić information content (AvgIpc) is 2.79. The van der Waals surface area contributed by atoms with Crippen molar-refractivity contribution in [3.05, 3.63) is 108 Å². The van der Waals surface area contributed by atoms with Crippen LogP contribution in [-0.4, -0.2) is 48.7 Å². The number of hydrogen-bond acceptors (Lipinski definition) is 7. The van der Waals surface area contributed by atoms with Gasteiger partial charge in [0.25, 0.3) is 0 Å². The number of nitrogens with two attached hydrogens (primary N) is 2. The summed E-state index contributed by atoms with van der Waals surface area (Å²) in [7, 11) is -3.53. The van der Waals surface area contributed by atoms with Crippen molar-refractivity contribution in [1.29, 1.82) is 0 Å². The molecule has 0 saturated carbocycles. The minimum absolute atomic E-state index is 0.190. The third-order valence-corrected chi connectivity index (χ3v) is 6.20. The molecule has 4 rings (SSSR count). The van der Waals surface area contributed by atoms with Crippen LogP contribution in [0, 0.1) is 5.82 Å². The van der Waals surface area contributed by atoms with Gasteiger partial charge < -0.3 is 21.3 Å². The number of nitrogens with zero attached hydrogens (tertiary/aromatic N) is 3. The summed E-state index contributed by atoms with van der Waals surface area (Å²) < 4.78 is 39.9. The lowest BCUT2D eigenvalue weighted by Gasteiger charge is -2.46. The van der Waals surface area contributed by atoms with Crippen LogP contribution in [0.1, 0.15) is 17.2 Å². The molecule has 8 nitrogen and oxygen atoms in total. The number of sulfonamides is 1. The van der Waals surface area contributed by atoms with Gasteiger partial charge in [0, 0.05) is 13.1 Å². The van der Waals surface area contributed by atoms with Crippen molar-refractivity contribution in [2.24, 2.45) is 11.5 Å². The molecule has 1 aromatic heterocycles. The van der Waals surface area contributed by atoms with Crippen molar-refractivity contribution in [2.75, 3.05) is 24.1 Å². The van der Waals surface area contributed by atoms with Crippen molar-refractivity contribution >= 4 is 15.8 Å². The third kappa shape index (κ3) is 5.23. The van der Waals surface area contributed by atoms with Gasteiger partial charge in [-0.25, -0.2) is 17.8 Å². The first kappa shape index (κ1) is 23.4. The summed E-state index contributed by atoms with van der Waals surface area (Å²) in [6.45, 7) is 1.05. The fourth-order valence-corrected chi connectivity index (χ4v) is 4.66. The summed E-state index contributed by atoms with van der Waals surface area (Å²) in [6, 6.07) is 11.3. The lowest BCUT2D eigenvalue weighted by Crippen LogP contribution is -2.54. The first-order valence-electron chi connectivity index (χ1n) is 10.7. The van der Waals surface area contributed by atoms with Crippen LogP contribution in [0.2, 0.25) is 0 Å². The SMILES string of the molecule is CS(=O)(=O)Nc1cccc(C(c2ccc(F)cc2)C(N2CC=CC=C2N)N2CC=CC=C2N)n1. The number of anilines is 1. The van der Waals surface area contributed by atoms with Gasteiger partial charge in [0.1, 0.15) is 29.4 Å². The fourth-order valence-electron chi connectivity index (χ4n) is 4.17. The number of pyridine rings is 1. The van der Waals surface area contributed by atoms with Crippen LogP contribution in [0.3, 0.4) is 0 Å². The van der Waals surface area contributed by atoms with Gasteiger partial charge in [-0.1, -0.05) is 42.5 Å². The van der Waals surface area contributed by atoms with E-state index in [-0.39, 0.29) is 11.6 Å². The molecule has 2 aliphatic heterocycles. The Balaban J connectivity index is 1.89. The number of rotatable bonds is 7. The molecule has 0 radical (unpaired) electrons. The summed E-state index contributed by atoms with van der Waals surface area (Å²) in [5.41, 5.74) is 14.2. The molecule has 1 atom stereocenters. The van der Waals surface area contributed by atoms with Crippen molar-refractivity contribution in [2.45, 2.75) is 12.1 Å². The molecule has 178 valence electrons. The zero-order chi connectivity index (χ0) is 24.3. The highest BCUT2D eigenvalue weighted by Crippen LogP contribution is 2.36. The molecule has 1 unspecified atom stereocenters. The maximum atomic E-state index is 13.8. The van der Waals surface area contributed by atoms with Crippen molar-refractivity contribution in [3.8, 4) is 0 Å². The Bertz CT molecular complexity index is 1230. The van der Waals surface area contributed by atoms with Gasteiger partial charge in [-0.05, 0) is 42.0 Å². The van der Waals surface area contributed by atoms with E-state index in [1.807, 2.05) is 52.3 Å². The van der Waals surface area contributed by atoms with E-state index >= 15 is 0 Å². The summed E-state index contributed by atoms with van der Waals surface area (Å²) in [4.78, 5) is 8.64. The minimum Gasteiger partial charge on any atom is -0.385 e. The van der Waals surface area contributed by atoms with Crippen LogP contribution in [-0.2, 0) is 10.0 Å². The summed E-state index contributed by atoms with van der Waals surface area (Å²) in [5.74, 6) is 0.466. The number of halogens is 1. The molecule has 10 heteroatoms. The number of benzene rings is 1. The van der Waals surface area contributed by atoms with Gasteiger partial charge in [0.15, 0.2) is 0 Å². The lowest BCUT2D eigenvalue weighted by molar-refractivity contribution is 0.0939. The van der Waals surface area contributed by atoms with Gasteiger partial charge in [-0.2, -0.15) is 0 Å². The van der Waals surface area contributed by atoms with Gasteiger partial charge in [-0.15, -0.1) is 0 Å². The molecule has 0 spiro atoms. The highest BCUT2D eigenvalue weighted by molar-refractivity contribution is 7.92. The topological polar surface area (TPSA) is 118 Å². The maximum Gasteiger partial charge on any atom is 0.230 e. The third-order valence-electron chi connectivity index (χ3n) is 5.62. The van der Waals surface area contributed by atoms with Crippen LogP contribution < -0.4 is 16.2 Å². The van der Waals surface area contributed by atoms with Gasteiger partial charge in [0.05, 0.1) is 17.9 Å². The number of aromatic nitrogens is 1. The van der Waals surface area contributed by atoms with Crippen LogP contribution in [0.25, 0.3) is 0 Å². The minimum atomic E-state index is -3.53. The average molecular weight is 483 g/mol. The molecular formula is C24H27FN6O2S. The lowest BCUT2D eigenvalue weighted by atomic mass is 9.89. The predicted octanol–water partition coefficient (Wildman–Crippen LogP) is 2.39. The van der Waals surface area contributed by atoms with Crippen LogP contribution in [0.15, 0.2) is 90.6 Å². The molecule has 2 aliphatic rings. The van der Waals surface area contributed by atoms with Crippen LogP contribution >= 0.6 is 0 Å². The monoisotopic (exact) mass is 482 g/mol. The second kappa shape index (κ2) is 9.60. The van der Waals surface area contributed by atoms with Crippen molar-refractivity contribution < 1.29 is 12.8 Å². The molecule has 1 aromatic carbocycles. The molecule has 0 bridgehead atoms. The van der Waals surface area contributed by atoms with E-state index in [0.717, 1.165) is 11.8 Å². The maximum absolute atomic E-state index is 13.8. The van der Waals surface area contributed by atoms with Crippen LogP contribution in [0.5, 0.6) is 0 Å². The number of allylic oxidation sites excluding steroid dienone is 4. The van der Waals surface area contributed by atoms with Gasteiger partial charge in [-0.3, -0.25) is 4.72 Å². The van der Waals surface area contributed by atoms with E-state index in [1.54, 1.807) is 24.3 Å². The smallest absolute Gasteiger partial charge is 0.230 e. The number of hydrogen-bond donors (Lipinski definition) is 3. The Labute approximate surface area is 198 Å². The largest absolute Gasteiger partial charge is 0.385 e. The Morgan fingerprint density at radius 2 is 1.56 bits per heavy atom. The Kier molecular flexibility index (Phi) is 6.60. The van der Waals surface area contributed by atoms with E-state index in [2.05, 4.69) is 9.71 Å². The van der Waals surface area contributed by atoms with Gasteiger partial charge >= 0.3 is 0 Å². The quantitative estimate of drug-likeness (QED) is 0.555. The van der Waals surface area contributed by atoms with E-state index in [9.17, 15) is 12.8 Å². The van der Waals surface area contributed by atoms with Crippen LogP contribution in [0.4, 0.5) is 10.2 Å². The molecule has 5 N–H and O–H groups in total. The normalized spacial score (nSPS) is 16.9. The number of nitrogens with one attached hydrogen (secondary N) is 1. The van der Waals surface area contributed by atoms with E-state index in [1.165, 1.54) is 12.1 Å². The first-order valence-corrected chi connectivity index (χ1v) is 12.6. The highest BCUT2D eigenvalue weighted by Gasteiger charge is 2.37. The Morgan fingerprint density at radius 1 is 0.971 bits per heavy atom. The summed E-state index contributed by atoms with van der Waals surface area (Å²) in [6.07, 6.45) is 12.0. The molecular weight excluding hydrogens is 455 g/mol. The van der Waals surface area contributed by atoms with Gasteiger partial charge in [0.2, 0.25) is 10.0 Å². The van der Waals surface area contributed by atoms with E-state index in [4.69, 9.17) is 11.5 Å². The zero-order valence-electron chi connectivity index (χ0n) is 18.7.